The summed E-state index contributed by atoms with van der Waals surface area (Å²) in [7, 11) is 0. The third kappa shape index (κ3) is 6.31. The lowest BCUT2D eigenvalue weighted by atomic mass is 10.2. The van der Waals surface area contributed by atoms with Gasteiger partial charge in [0.15, 0.2) is 0 Å². The monoisotopic (exact) mass is 448 g/mol. The minimum Gasteiger partial charge on any atom is -0.461 e. The summed E-state index contributed by atoms with van der Waals surface area (Å²) in [5.74, 6) is -0.179. The first-order valence-electron chi connectivity index (χ1n) is 11.2. The lowest BCUT2D eigenvalue weighted by Gasteiger charge is -2.35. The number of carbonyl (C=O) groups is 2. The number of carbonyl (C=O) groups excluding carboxylic acids is 2. The molecule has 2 heterocycles. The number of piperazine rings is 1. The van der Waals surface area contributed by atoms with Gasteiger partial charge < -0.3 is 14.4 Å². The van der Waals surface area contributed by atoms with Crippen LogP contribution in [0.1, 0.15) is 17.5 Å². The van der Waals surface area contributed by atoms with Gasteiger partial charge in [-0.1, -0.05) is 30.3 Å². The van der Waals surface area contributed by atoms with E-state index in [1.807, 2.05) is 30.3 Å². The van der Waals surface area contributed by atoms with Crippen LogP contribution < -0.4 is 4.90 Å². The molecular formula is C25H28N4O4. The number of rotatable bonds is 8. The number of nitriles is 1. The molecule has 8 nitrogen and oxygen atoms in total. The highest BCUT2D eigenvalue weighted by molar-refractivity contribution is 5.89. The topological polar surface area (TPSA) is 86.1 Å². The molecule has 0 aromatic heterocycles. The van der Waals surface area contributed by atoms with Gasteiger partial charge in [0.25, 0.3) is 0 Å². The summed E-state index contributed by atoms with van der Waals surface area (Å²) in [4.78, 5) is 30.5. The van der Waals surface area contributed by atoms with Crippen molar-refractivity contribution in [2.45, 2.75) is 19.1 Å². The summed E-state index contributed by atoms with van der Waals surface area (Å²) in [6.07, 6.45) is -0.155. The second-order valence-electron chi connectivity index (χ2n) is 8.31. The van der Waals surface area contributed by atoms with Crippen molar-refractivity contribution in [2.24, 2.45) is 0 Å². The Labute approximate surface area is 193 Å². The number of ether oxygens (including phenoxy) is 2. The molecule has 2 fully saturated rings. The molecule has 8 heteroatoms. The summed E-state index contributed by atoms with van der Waals surface area (Å²) in [5.41, 5.74) is 2.29. The second kappa shape index (κ2) is 10.9. The van der Waals surface area contributed by atoms with Crippen molar-refractivity contribution < 1.29 is 19.1 Å². The van der Waals surface area contributed by atoms with Crippen LogP contribution in [-0.4, -0.2) is 73.8 Å². The van der Waals surface area contributed by atoms with Gasteiger partial charge in [-0.15, -0.1) is 0 Å². The fourth-order valence-electron chi connectivity index (χ4n) is 4.09. The molecule has 4 rings (SSSR count). The van der Waals surface area contributed by atoms with E-state index in [1.54, 1.807) is 29.2 Å². The summed E-state index contributed by atoms with van der Waals surface area (Å²) in [6.45, 7) is 5.65. The fraction of sp³-hybridized carbons (Fsp3) is 0.400. The minimum atomic E-state index is -0.350. The molecule has 0 N–H and O–H groups in total. The highest BCUT2D eigenvalue weighted by Gasteiger charge is 2.34. The standard InChI is InChI=1S/C25H28N4O4/c26-16-20-6-8-22(9-7-20)29-18-23(33-25(29)31)17-28-14-12-27(13-15-28)11-10-24(30)32-19-21-4-2-1-3-5-21/h1-9,23H,10-15,17-19H2/t23-/m0/s1. The highest BCUT2D eigenvalue weighted by atomic mass is 16.6. The molecule has 2 saturated heterocycles. The van der Waals surface area contributed by atoms with Gasteiger partial charge in [-0.05, 0) is 29.8 Å². The molecule has 2 aliphatic rings. The zero-order valence-corrected chi connectivity index (χ0v) is 18.6. The number of hydrogen-bond donors (Lipinski definition) is 0. The molecule has 2 aromatic rings. The number of anilines is 1. The van der Waals surface area contributed by atoms with Crippen molar-refractivity contribution in [3.05, 3.63) is 65.7 Å². The fourth-order valence-corrected chi connectivity index (χ4v) is 4.09. The van der Waals surface area contributed by atoms with E-state index in [0.717, 1.165) is 37.4 Å². The largest absolute Gasteiger partial charge is 0.461 e. The SMILES string of the molecule is N#Cc1ccc(N2C[C@H](CN3CCN(CCC(=O)OCc4ccccc4)CC3)OC2=O)cc1. The van der Waals surface area contributed by atoms with E-state index in [2.05, 4.69) is 15.9 Å². The Kier molecular flexibility index (Phi) is 7.55. The van der Waals surface area contributed by atoms with Crippen molar-refractivity contribution in [1.82, 2.24) is 9.80 Å². The van der Waals surface area contributed by atoms with E-state index in [-0.39, 0.29) is 18.2 Å². The van der Waals surface area contributed by atoms with Gasteiger partial charge in [-0.25, -0.2) is 4.79 Å². The smallest absolute Gasteiger partial charge is 0.414 e. The summed E-state index contributed by atoms with van der Waals surface area (Å²) in [6, 6.07) is 18.7. The van der Waals surface area contributed by atoms with Gasteiger partial charge >= 0.3 is 12.1 Å². The van der Waals surface area contributed by atoms with Crippen molar-refractivity contribution in [3.63, 3.8) is 0 Å². The van der Waals surface area contributed by atoms with Crippen molar-refractivity contribution in [1.29, 1.82) is 5.26 Å². The quantitative estimate of drug-likeness (QED) is 0.574. The molecule has 0 bridgehead atoms. The average molecular weight is 449 g/mol. The van der Waals surface area contributed by atoms with E-state index in [1.165, 1.54) is 0 Å². The second-order valence-corrected chi connectivity index (χ2v) is 8.31. The number of hydrogen-bond acceptors (Lipinski definition) is 7. The van der Waals surface area contributed by atoms with Crippen LogP contribution >= 0.6 is 0 Å². The molecule has 2 aromatic carbocycles. The van der Waals surface area contributed by atoms with Crippen molar-refractivity contribution >= 4 is 17.7 Å². The number of esters is 1. The van der Waals surface area contributed by atoms with Crippen LogP contribution in [0.25, 0.3) is 0 Å². The minimum absolute atomic E-state index is 0.179. The van der Waals surface area contributed by atoms with Gasteiger partial charge in [-0.2, -0.15) is 5.26 Å². The maximum absolute atomic E-state index is 12.3. The van der Waals surface area contributed by atoms with Crippen molar-refractivity contribution in [3.8, 4) is 6.07 Å². The summed E-state index contributed by atoms with van der Waals surface area (Å²) < 4.78 is 10.9. The molecular weight excluding hydrogens is 420 g/mol. The first-order chi connectivity index (χ1) is 16.1. The molecule has 1 amide bonds. The molecule has 0 radical (unpaired) electrons. The molecule has 0 unspecified atom stereocenters. The van der Waals surface area contributed by atoms with Crippen LogP contribution in [0.4, 0.5) is 10.5 Å². The summed E-state index contributed by atoms with van der Waals surface area (Å²) >= 11 is 0. The molecule has 0 aliphatic carbocycles. The Balaban J connectivity index is 1.15. The molecule has 0 saturated carbocycles. The number of amides is 1. The normalized spacial score (nSPS) is 19.2. The van der Waals surface area contributed by atoms with Gasteiger partial charge in [0.05, 0.1) is 24.6 Å². The molecule has 172 valence electrons. The summed E-state index contributed by atoms with van der Waals surface area (Å²) in [5, 5.41) is 8.93. The predicted octanol–water partition coefficient (Wildman–Crippen LogP) is 2.63. The predicted molar refractivity (Wildman–Crippen MR) is 123 cm³/mol. The highest BCUT2D eigenvalue weighted by Crippen LogP contribution is 2.22. The van der Waals surface area contributed by atoms with Gasteiger partial charge in [0.2, 0.25) is 0 Å². The van der Waals surface area contributed by atoms with Gasteiger partial charge in [0, 0.05) is 45.0 Å². The molecule has 0 spiro atoms. The Morgan fingerprint density at radius 1 is 1.03 bits per heavy atom. The number of benzene rings is 2. The van der Waals surface area contributed by atoms with Crippen LogP contribution in [0.2, 0.25) is 0 Å². The first kappa shape index (κ1) is 22.8. The Hall–Kier alpha value is -3.41. The maximum Gasteiger partial charge on any atom is 0.414 e. The lowest BCUT2D eigenvalue weighted by molar-refractivity contribution is -0.145. The lowest BCUT2D eigenvalue weighted by Crippen LogP contribution is -2.49. The Morgan fingerprint density at radius 2 is 1.73 bits per heavy atom. The zero-order valence-electron chi connectivity index (χ0n) is 18.6. The Morgan fingerprint density at radius 3 is 2.42 bits per heavy atom. The van der Waals surface area contributed by atoms with Gasteiger partial charge in [0.1, 0.15) is 12.7 Å². The van der Waals surface area contributed by atoms with Crippen LogP contribution in [0.5, 0.6) is 0 Å². The number of cyclic esters (lactones) is 1. The first-order valence-corrected chi connectivity index (χ1v) is 11.2. The van der Waals surface area contributed by atoms with E-state index in [4.69, 9.17) is 14.7 Å². The van der Waals surface area contributed by atoms with Gasteiger partial charge in [-0.3, -0.25) is 14.6 Å². The van der Waals surface area contributed by atoms with Crippen molar-refractivity contribution in [2.75, 3.05) is 50.7 Å². The van der Waals surface area contributed by atoms with Crippen LogP contribution in [0.3, 0.4) is 0 Å². The van der Waals surface area contributed by atoms with Crippen LogP contribution in [0, 0.1) is 11.3 Å². The average Bonchev–Trinajstić information content (AvgIpc) is 3.22. The van der Waals surface area contributed by atoms with E-state index < -0.39 is 0 Å². The van der Waals surface area contributed by atoms with Crippen LogP contribution in [0.15, 0.2) is 54.6 Å². The molecule has 1 atom stereocenters. The van der Waals surface area contributed by atoms with E-state index >= 15 is 0 Å². The van der Waals surface area contributed by atoms with E-state index in [9.17, 15) is 9.59 Å². The Bertz CT molecular complexity index is 982. The number of nitrogens with zero attached hydrogens (tertiary/aromatic N) is 4. The third-order valence-corrected chi connectivity index (χ3v) is 5.98. The zero-order chi connectivity index (χ0) is 23.0. The molecule has 33 heavy (non-hydrogen) atoms. The van der Waals surface area contributed by atoms with E-state index in [0.29, 0.717) is 38.2 Å². The van der Waals surface area contributed by atoms with Crippen LogP contribution in [-0.2, 0) is 20.9 Å². The third-order valence-electron chi connectivity index (χ3n) is 5.98. The maximum atomic E-state index is 12.3. The molecule has 2 aliphatic heterocycles.